The van der Waals surface area contributed by atoms with Crippen molar-refractivity contribution >= 4 is 5.97 Å². The molecule has 1 aromatic rings. The summed E-state index contributed by atoms with van der Waals surface area (Å²) in [4.78, 5) is 11.4. The Morgan fingerprint density at radius 1 is 1.24 bits per heavy atom. The highest BCUT2D eigenvalue weighted by Gasteiger charge is 2.47. The van der Waals surface area contributed by atoms with Gasteiger partial charge in [0.1, 0.15) is 0 Å². The molecule has 0 aromatic carbocycles. The predicted molar refractivity (Wildman–Crippen MR) is 113 cm³/mol. The summed E-state index contributed by atoms with van der Waals surface area (Å²) in [6.07, 6.45) is 4.86. The van der Waals surface area contributed by atoms with E-state index in [2.05, 4.69) is 16.2 Å². The number of alkyl halides is 3. The molecule has 3 aliphatic heterocycles. The Hall–Kier alpha value is -1.69. The first kappa shape index (κ1) is 25.9. The molecular weight excluding hydrogens is 443 g/mol. The molecule has 8 nitrogen and oxygen atoms in total. The lowest BCUT2D eigenvalue weighted by atomic mass is 9.79. The number of aryl methyl sites for hydroxylation is 1. The second-order valence-corrected chi connectivity index (χ2v) is 9.28. The van der Waals surface area contributed by atoms with Crippen LogP contribution >= 0.6 is 0 Å². The van der Waals surface area contributed by atoms with Crippen molar-refractivity contribution in [3.05, 3.63) is 18.0 Å². The number of aliphatic carboxylic acids is 1. The molecule has 1 aromatic heterocycles. The SMILES string of the molecule is Cn1cc(CN2CC3(CC(CCOCC4CCOCC4)CCO3)C2)cn1.O=C(O)C(F)(F)F. The van der Waals surface area contributed by atoms with Crippen LogP contribution in [0.4, 0.5) is 13.2 Å². The van der Waals surface area contributed by atoms with Crippen molar-refractivity contribution in [3.63, 3.8) is 0 Å². The lowest BCUT2D eigenvalue weighted by Crippen LogP contribution is -2.64. The van der Waals surface area contributed by atoms with Gasteiger partial charge in [-0.2, -0.15) is 18.3 Å². The van der Waals surface area contributed by atoms with Crippen LogP contribution in [0.15, 0.2) is 12.4 Å². The molecule has 0 amide bonds. The molecule has 11 heteroatoms. The van der Waals surface area contributed by atoms with Crippen molar-refractivity contribution in [1.82, 2.24) is 14.7 Å². The fourth-order valence-corrected chi connectivity index (χ4v) is 4.70. The number of nitrogens with zero attached hydrogens (tertiary/aromatic N) is 3. The maximum Gasteiger partial charge on any atom is 0.490 e. The molecule has 0 bridgehead atoms. The Morgan fingerprint density at radius 2 is 1.91 bits per heavy atom. The van der Waals surface area contributed by atoms with Gasteiger partial charge in [-0.05, 0) is 43.9 Å². The van der Waals surface area contributed by atoms with E-state index in [1.54, 1.807) is 0 Å². The van der Waals surface area contributed by atoms with Crippen molar-refractivity contribution in [2.45, 2.75) is 50.4 Å². The zero-order chi connectivity index (χ0) is 23.9. The highest BCUT2D eigenvalue weighted by Crippen LogP contribution is 2.38. The lowest BCUT2D eigenvalue weighted by Gasteiger charge is -2.53. The van der Waals surface area contributed by atoms with Gasteiger partial charge in [-0.1, -0.05) is 0 Å². The van der Waals surface area contributed by atoms with Crippen molar-refractivity contribution in [2.75, 3.05) is 46.1 Å². The third-order valence-electron chi connectivity index (χ3n) is 6.39. The van der Waals surface area contributed by atoms with E-state index in [-0.39, 0.29) is 5.60 Å². The Kier molecular flexibility index (Phi) is 9.14. The molecule has 0 saturated carbocycles. The Morgan fingerprint density at radius 3 is 2.52 bits per heavy atom. The van der Waals surface area contributed by atoms with Crippen LogP contribution in [0.5, 0.6) is 0 Å². The van der Waals surface area contributed by atoms with Gasteiger partial charge in [0.15, 0.2) is 0 Å². The summed E-state index contributed by atoms with van der Waals surface area (Å²) in [6.45, 7) is 7.64. The first-order valence-corrected chi connectivity index (χ1v) is 11.4. The zero-order valence-electron chi connectivity index (χ0n) is 19.1. The smallest absolute Gasteiger partial charge is 0.475 e. The van der Waals surface area contributed by atoms with Gasteiger partial charge in [-0.25, -0.2) is 4.79 Å². The number of carboxylic acids is 1. The van der Waals surface area contributed by atoms with E-state index in [1.165, 1.54) is 24.8 Å². The molecule has 3 fully saturated rings. The monoisotopic (exact) mass is 477 g/mol. The Labute approximate surface area is 192 Å². The number of carbonyl (C=O) groups is 1. The molecule has 1 unspecified atom stereocenters. The Bertz CT molecular complexity index is 746. The molecule has 4 rings (SSSR count). The van der Waals surface area contributed by atoms with E-state index in [4.69, 9.17) is 24.1 Å². The van der Waals surface area contributed by atoms with Gasteiger partial charge < -0.3 is 19.3 Å². The minimum absolute atomic E-state index is 0.103. The van der Waals surface area contributed by atoms with Crippen LogP contribution in [0.1, 0.15) is 37.7 Å². The molecule has 1 N–H and O–H groups in total. The van der Waals surface area contributed by atoms with E-state index in [0.717, 1.165) is 71.4 Å². The van der Waals surface area contributed by atoms with Crippen LogP contribution in [-0.4, -0.2) is 83.7 Å². The van der Waals surface area contributed by atoms with Crippen LogP contribution in [-0.2, 0) is 32.6 Å². The zero-order valence-corrected chi connectivity index (χ0v) is 19.1. The van der Waals surface area contributed by atoms with Gasteiger partial charge in [-0.3, -0.25) is 9.58 Å². The number of carboxylic acid groups (broad SMARTS) is 1. The van der Waals surface area contributed by atoms with Gasteiger partial charge >= 0.3 is 12.1 Å². The van der Waals surface area contributed by atoms with E-state index in [0.29, 0.717) is 5.92 Å². The van der Waals surface area contributed by atoms with Crippen molar-refractivity contribution in [2.24, 2.45) is 18.9 Å². The quantitative estimate of drug-likeness (QED) is 0.605. The summed E-state index contributed by atoms with van der Waals surface area (Å²) in [7, 11) is 1.97. The maximum absolute atomic E-state index is 10.6. The standard InChI is InChI=1S/C20H33N3O3.C2HF3O2/c1-22-12-19(11-21-22)13-23-15-20(16-23)10-17(5-9-26-20)2-8-25-14-18-3-6-24-7-4-18;3-2(4,5)1(6)7/h11-12,17-18H,2-10,13-16H2,1H3;(H,6,7). The average molecular weight is 478 g/mol. The number of aromatic nitrogens is 2. The van der Waals surface area contributed by atoms with E-state index in [1.807, 2.05) is 17.9 Å². The van der Waals surface area contributed by atoms with Crippen molar-refractivity contribution < 1.29 is 37.3 Å². The molecule has 0 radical (unpaired) electrons. The topological polar surface area (TPSA) is 86.0 Å². The lowest BCUT2D eigenvalue weighted by molar-refractivity contribution is -0.192. The fraction of sp³-hybridized carbons (Fsp3) is 0.818. The largest absolute Gasteiger partial charge is 0.490 e. The first-order chi connectivity index (χ1) is 15.7. The second-order valence-electron chi connectivity index (χ2n) is 9.28. The number of hydrogen-bond acceptors (Lipinski definition) is 6. The average Bonchev–Trinajstić information content (AvgIpc) is 3.16. The summed E-state index contributed by atoms with van der Waals surface area (Å²) < 4.78 is 51.2. The molecular formula is C22H34F3N3O5. The van der Waals surface area contributed by atoms with Gasteiger partial charge in [0, 0.05) is 71.5 Å². The normalized spacial score (nSPS) is 23.6. The third kappa shape index (κ3) is 8.24. The molecule has 1 atom stereocenters. The molecule has 33 heavy (non-hydrogen) atoms. The predicted octanol–water partition coefficient (Wildman–Crippen LogP) is 2.87. The van der Waals surface area contributed by atoms with Crippen LogP contribution in [0.3, 0.4) is 0 Å². The van der Waals surface area contributed by atoms with Gasteiger partial charge in [0.05, 0.1) is 11.8 Å². The summed E-state index contributed by atoms with van der Waals surface area (Å²) in [5.41, 5.74) is 1.39. The fourth-order valence-electron chi connectivity index (χ4n) is 4.70. The second kappa shape index (κ2) is 11.6. The number of likely N-dealkylation sites (tertiary alicyclic amines) is 1. The van der Waals surface area contributed by atoms with Gasteiger partial charge in [-0.15, -0.1) is 0 Å². The molecule has 188 valence electrons. The maximum atomic E-state index is 10.6. The van der Waals surface area contributed by atoms with Crippen LogP contribution in [0.2, 0.25) is 0 Å². The van der Waals surface area contributed by atoms with Crippen LogP contribution < -0.4 is 0 Å². The van der Waals surface area contributed by atoms with E-state index in [9.17, 15) is 13.2 Å². The first-order valence-electron chi connectivity index (χ1n) is 11.4. The van der Waals surface area contributed by atoms with E-state index >= 15 is 0 Å². The molecule has 3 saturated heterocycles. The molecule has 0 aliphatic carbocycles. The van der Waals surface area contributed by atoms with E-state index < -0.39 is 12.1 Å². The minimum Gasteiger partial charge on any atom is -0.475 e. The summed E-state index contributed by atoms with van der Waals surface area (Å²) >= 11 is 0. The number of ether oxygens (including phenoxy) is 3. The van der Waals surface area contributed by atoms with Crippen LogP contribution in [0, 0.1) is 11.8 Å². The molecule has 1 spiro atoms. The highest BCUT2D eigenvalue weighted by atomic mass is 19.4. The third-order valence-corrected chi connectivity index (χ3v) is 6.39. The number of halogens is 3. The van der Waals surface area contributed by atoms with Gasteiger partial charge in [0.25, 0.3) is 0 Å². The van der Waals surface area contributed by atoms with Crippen molar-refractivity contribution in [1.29, 1.82) is 0 Å². The summed E-state index contributed by atoms with van der Waals surface area (Å²) in [6, 6.07) is 0. The Balaban J connectivity index is 0.000000383. The molecule has 3 aliphatic rings. The van der Waals surface area contributed by atoms with Crippen LogP contribution in [0.25, 0.3) is 0 Å². The summed E-state index contributed by atoms with van der Waals surface area (Å²) in [5.74, 6) is -1.30. The summed E-state index contributed by atoms with van der Waals surface area (Å²) in [5, 5.41) is 11.4. The highest BCUT2D eigenvalue weighted by molar-refractivity contribution is 5.73. The minimum atomic E-state index is -5.08. The molecule has 4 heterocycles. The number of rotatable bonds is 7. The van der Waals surface area contributed by atoms with Crippen molar-refractivity contribution in [3.8, 4) is 0 Å². The van der Waals surface area contributed by atoms with Gasteiger partial charge in [0.2, 0.25) is 0 Å². The number of hydrogen-bond donors (Lipinski definition) is 1.